The zero-order chi connectivity index (χ0) is 48.0. The predicted octanol–water partition coefficient (Wildman–Crippen LogP) is 15.6. The zero-order valence-corrected chi connectivity index (χ0v) is 42.9. The average Bonchev–Trinajstić information content (AvgIpc) is 3.29. The lowest BCUT2D eigenvalue weighted by Gasteiger charge is -2.28. The quantitative estimate of drug-likeness (QED) is 0.136. The molecule has 0 saturated carbocycles. The highest BCUT2D eigenvalue weighted by molar-refractivity contribution is 6.79. The molecule has 0 aromatic heterocycles. The van der Waals surface area contributed by atoms with E-state index in [0.29, 0.717) is 12.8 Å². The van der Waals surface area contributed by atoms with E-state index in [9.17, 15) is 4.80 Å². The second kappa shape index (κ2) is 18.8. The molecule has 1 nitrogen and oxygen atoms in total. The fraction of sp³-hybridized carbons (Fsp3) is 0.212. The van der Waals surface area contributed by atoms with Crippen molar-refractivity contribution in [1.29, 1.82) is 0 Å². The van der Waals surface area contributed by atoms with E-state index >= 15 is 0 Å². The third-order valence-corrected chi connectivity index (χ3v) is 16.5. The van der Waals surface area contributed by atoms with E-state index in [2.05, 4.69) is 240 Å². The first-order valence-corrected chi connectivity index (χ1v) is 25.8. The van der Waals surface area contributed by atoms with E-state index in [4.69, 9.17) is 0 Å². The first-order valence-electron chi connectivity index (χ1n) is 24.3. The molecule has 68 heavy (non-hydrogen) atoms. The van der Waals surface area contributed by atoms with Crippen molar-refractivity contribution in [2.75, 3.05) is 0 Å². The van der Waals surface area contributed by atoms with Gasteiger partial charge in [0.1, 0.15) is 0 Å². The van der Waals surface area contributed by atoms with Crippen molar-refractivity contribution in [2.24, 2.45) is 0 Å². The van der Waals surface area contributed by atoms with Crippen molar-refractivity contribution >= 4 is 30.2 Å². The van der Waals surface area contributed by atoms with Gasteiger partial charge < -0.3 is 4.80 Å². The van der Waals surface area contributed by atoms with Crippen LogP contribution in [0.3, 0.4) is 0 Å². The van der Waals surface area contributed by atoms with E-state index in [-0.39, 0.29) is 5.41 Å². The molecule has 1 radical (unpaired) electrons. The van der Waals surface area contributed by atoms with Gasteiger partial charge in [-0.2, -0.15) is 0 Å². The summed E-state index contributed by atoms with van der Waals surface area (Å²) in [5.41, 5.74) is 26.3. The van der Waals surface area contributed by atoms with Crippen LogP contribution in [0.25, 0.3) is 55.3 Å². The van der Waals surface area contributed by atoms with E-state index in [1.807, 2.05) is 0 Å². The van der Waals surface area contributed by atoms with Crippen LogP contribution in [0, 0.1) is 55.4 Å². The molecule has 9 aromatic rings. The van der Waals surface area contributed by atoms with Crippen LogP contribution in [0.2, 0.25) is 0 Å². The van der Waals surface area contributed by atoms with E-state index in [0.717, 1.165) is 15.8 Å². The smallest absolute Gasteiger partial charge is 0.280 e. The molecule has 2 heteroatoms. The minimum atomic E-state index is -2.37. The van der Waals surface area contributed by atoms with Crippen molar-refractivity contribution in [2.45, 2.75) is 94.4 Å². The van der Waals surface area contributed by atoms with Gasteiger partial charge in [-0.3, -0.25) is 0 Å². The van der Waals surface area contributed by atoms with Gasteiger partial charge in [0.15, 0.2) is 0 Å². The summed E-state index contributed by atoms with van der Waals surface area (Å²) in [7, 11) is -2.37. The van der Waals surface area contributed by atoms with Gasteiger partial charge in [0, 0.05) is 0 Å². The molecule has 0 atom stereocenters. The molecule has 9 aromatic carbocycles. The molecule has 0 aliphatic heterocycles. The van der Waals surface area contributed by atoms with Crippen LogP contribution in [0.5, 0.6) is 0 Å². The third kappa shape index (κ3) is 8.84. The summed E-state index contributed by atoms with van der Waals surface area (Å²) in [6, 6.07) is 60.6. The highest BCUT2D eigenvalue weighted by Crippen LogP contribution is 2.42. The molecule has 0 amide bonds. The molecule has 0 saturated heterocycles. The summed E-state index contributed by atoms with van der Waals surface area (Å²) in [6.07, 6.45) is 1.31. The van der Waals surface area contributed by atoms with Crippen LogP contribution in [-0.4, -0.2) is 13.8 Å². The van der Waals surface area contributed by atoms with Gasteiger partial charge in [0.25, 0.3) is 9.04 Å². The van der Waals surface area contributed by atoms with Gasteiger partial charge in [0.05, 0.1) is 0 Å². The van der Waals surface area contributed by atoms with Crippen LogP contribution in [-0.2, 0) is 18.3 Å². The van der Waals surface area contributed by atoms with Crippen molar-refractivity contribution < 1.29 is 4.80 Å². The Kier molecular flexibility index (Phi) is 12.9. The Morgan fingerprint density at radius 2 is 0.691 bits per heavy atom. The van der Waals surface area contributed by atoms with Crippen LogP contribution < -0.4 is 10.4 Å². The Morgan fingerprint density at radius 3 is 1.03 bits per heavy atom. The summed E-state index contributed by atoms with van der Waals surface area (Å²) < 4.78 is 0. The topological polar surface area (TPSA) is 20.2 Å². The first kappa shape index (κ1) is 46.5. The van der Waals surface area contributed by atoms with Gasteiger partial charge in [-0.15, -0.1) is 0 Å². The number of hydrogen-bond donors (Lipinski definition) is 1. The van der Waals surface area contributed by atoms with E-state index in [1.165, 1.54) is 122 Å². The van der Waals surface area contributed by atoms with Gasteiger partial charge in [-0.05, 0) is 212 Å². The molecule has 0 fully saturated rings. The van der Waals surface area contributed by atoms with Gasteiger partial charge in [0.2, 0.25) is 0 Å². The molecule has 0 heterocycles. The lowest BCUT2D eigenvalue weighted by Crippen LogP contribution is -2.46. The fourth-order valence-electron chi connectivity index (χ4n) is 11.1. The maximum absolute atomic E-state index is 13.6. The summed E-state index contributed by atoms with van der Waals surface area (Å²) in [5, 5.41) is 4.41. The molecule has 0 aliphatic rings. The van der Waals surface area contributed by atoms with Gasteiger partial charge in [-0.1, -0.05) is 185 Å². The number of benzene rings is 9. The minimum absolute atomic E-state index is 0.170. The maximum Gasteiger partial charge on any atom is 0.280 e. The summed E-state index contributed by atoms with van der Waals surface area (Å²) in [5.74, 6) is 0. The second-order valence-corrected chi connectivity index (χ2v) is 22.2. The summed E-state index contributed by atoms with van der Waals surface area (Å²) in [6.45, 7) is 25.0. The van der Waals surface area contributed by atoms with E-state index < -0.39 is 9.04 Å². The average molecular weight is 902 g/mol. The Morgan fingerprint density at radius 1 is 0.368 bits per heavy atom. The minimum Gasteiger partial charge on any atom is -0.424 e. The molecule has 1 N–H and O–H groups in total. The molecule has 339 valence electrons. The molecule has 0 spiro atoms. The highest BCUT2D eigenvalue weighted by atomic mass is 28.3. The maximum atomic E-state index is 13.6. The van der Waals surface area contributed by atoms with Crippen molar-refractivity contribution in [3.63, 3.8) is 0 Å². The standard InChI is InChI=1S/C66H65OSi/c1-41-20-14-21-42(2)61(41)55-30-18-31-56(62-43(3)22-15-23-44(62)4)59(55)39-51-36-53(66(9,10)11)37-52(65(51)68(67)54-35-34-49-28-12-13-29-50(49)38-54)40-60-57(63-45(5)24-16-25-46(63)6)32-19-33-58(60)64-47(7)26-17-27-48(64)8/h12-38,67H,39-40H2,1-11H3. The van der Waals surface area contributed by atoms with E-state index in [1.54, 1.807) is 0 Å². The van der Waals surface area contributed by atoms with Gasteiger partial charge >= 0.3 is 0 Å². The summed E-state index contributed by atoms with van der Waals surface area (Å²) >= 11 is 0. The van der Waals surface area contributed by atoms with Crippen molar-refractivity contribution in [1.82, 2.24) is 0 Å². The third-order valence-electron chi connectivity index (χ3n) is 14.5. The first-order chi connectivity index (χ1) is 32.6. The number of rotatable bonds is 10. The predicted molar refractivity (Wildman–Crippen MR) is 294 cm³/mol. The van der Waals surface area contributed by atoms with Crippen LogP contribution in [0.15, 0.2) is 164 Å². The Bertz CT molecular complexity index is 2980. The lowest BCUT2D eigenvalue weighted by molar-refractivity contribution is 0.587. The molecular formula is C66H65OSi. The highest BCUT2D eigenvalue weighted by Gasteiger charge is 2.30. The number of aryl methyl sites for hydroxylation is 8. The fourth-order valence-corrected chi connectivity index (χ4v) is 12.8. The van der Waals surface area contributed by atoms with Crippen molar-refractivity contribution in [3.05, 3.63) is 236 Å². The van der Waals surface area contributed by atoms with Crippen LogP contribution >= 0.6 is 0 Å². The largest absolute Gasteiger partial charge is 0.424 e. The number of hydrogen-bond acceptors (Lipinski definition) is 1. The number of fused-ring (bicyclic) bond motifs is 1. The molecule has 0 bridgehead atoms. The molecule has 9 rings (SSSR count). The summed E-state index contributed by atoms with van der Waals surface area (Å²) in [4.78, 5) is 13.6. The second-order valence-electron chi connectivity index (χ2n) is 20.4. The van der Waals surface area contributed by atoms with Gasteiger partial charge in [-0.25, -0.2) is 0 Å². The zero-order valence-electron chi connectivity index (χ0n) is 41.9. The normalized spacial score (nSPS) is 11.8. The SMILES string of the molecule is Cc1cccc(C)c1-c1cccc(-c2c(C)cccc2C)c1Cc1cc(C(C)(C)C)cc(Cc2c(-c3c(C)cccc3C)cccc2-c2c(C)cccc2C)c1[Si](O)c1ccc2ccccc2c1. The van der Waals surface area contributed by atoms with Crippen molar-refractivity contribution in [3.8, 4) is 44.5 Å². The Labute approximate surface area is 408 Å². The molecule has 0 aliphatic carbocycles. The van der Waals surface area contributed by atoms with Crippen LogP contribution in [0.1, 0.15) is 93.1 Å². The molecule has 0 unspecified atom stereocenters. The monoisotopic (exact) mass is 901 g/mol. The van der Waals surface area contributed by atoms with Crippen LogP contribution in [0.4, 0.5) is 0 Å². The lowest BCUT2D eigenvalue weighted by atomic mass is 9.79. The Balaban J connectivity index is 1.39. The molecular weight excluding hydrogens is 837 g/mol. The Hall–Kier alpha value is -6.58.